The van der Waals surface area contributed by atoms with Crippen LogP contribution in [0.5, 0.6) is 5.75 Å². The third-order valence-electron chi connectivity index (χ3n) is 6.67. The van der Waals surface area contributed by atoms with Crippen LogP contribution in [0.4, 0.5) is 0 Å². The molecule has 1 heterocycles. The number of nitrogens with zero attached hydrogens (tertiary/aromatic N) is 1. The Bertz CT molecular complexity index is 1070. The molecule has 6 atom stereocenters. The molecule has 0 radical (unpaired) electrons. The lowest BCUT2D eigenvalue weighted by Gasteiger charge is -2.31. The van der Waals surface area contributed by atoms with Crippen molar-refractivity contribution in [1.29, 1.82) is 0 Å². The van der Waals surface area contributed by atoms with E-state index in [9.17, 15) is 24.3 Å². The molecule has 1 aliphatic heterocycles. The number of carbonyl (C=O) groups is 4. The molecule has 38 heavy (non-hydrogen) atoms. The number of nitrogens with one attached hydrogen (secondary N) is 2. The maximum Gasteiger partial charge on any atom is 0.328 e. The van der Waals surface area contributed by atoms with Crippen LogP contribution in [0.25, 0.3) is 0 Å². The predicted octanol–water partition coefficient (Wildman–Crippen LogP) is 3.48. The SMILES string of the molecule is CC1=C[C@H](C)C[C@H](C)OC(=O)[C@H](C)NC(=O)[C@H](Cc2ccc(O)c(Br)c2)N(C)C(=O)[C@H](C)NC(=O)[C@@H](C)C1. The maximum atomic E-state index is 13.4. The van der Waals surface area contributed by atoms with Crippen LogP contribution in [0.1, 0.15) is 59.9 Å². The van der Waals surface area contributed by atoms with Gasteiger partial charge in [0.2, 0.25) is 17.7 Å². The summed E-state index contributed by atoms with van der Waals surface area (Å²) in [5.41, 5.74) is 1.72. The van der Waals surface area contributed by atoms with E-state index in [1.54, 1.807) is 39.8 Å². The van der Waals surface area contributed by atoms with Gasteiger partial charge >= 0.3 is 5.97 Å². The first-order chi connectivity index (χ1) is 17.7. The number of carbonyl (C=O) groups excluding carboxylic acids is 4. The normalized spacial score (nSPS) is 28.9. The molecule has 0 fully saturated rings. The van der Waals surface area contributed by atoms with E-state index in [1.165, 1.54) is 18.0 Å². The van der Waals surface area contributed by atoms with Gasteiger partial charge in [-0.15, -0.1) is 0 Å². The van der Waals surface area contributed by atoms with E-state index in [4.69, 9.17) is 4.74 Å². The van der Waals surface area contributed by atoms with Gasteiger partial charge in [-0.25, -0.2) is 4.79 Å². The van der Waals surface area contributed by atoms with Gasteiger partial charge in [-0.2, -0.15) is 0 Å². The summed E-state index contributed by atoms with van der Waals surface area (Å²) in [7, 11) is 1.49. The van der Waals surface area contributed by atoms with Crippen molar-refractivity contribution in [3.63, 3.8) is 0 Å². The molecule has 1 aliphatic rings. The Balaban J connectivity index is 2.40. The molecular formula is C28H40BrN3O6. The number of phenols is 1. The van der Waals surface area contributed by atoms with Crippen molar-refractivity contribution in [1.82, 2.24) is 15.5 Å². The number of amides is 3. The number of allylic oxidation sites excluding steroid dienone is 2. The fourth-order valence-corrected chi connectivity index (χ4v) is 5.05. The van der Waals surface area contributed by atoms with E-state index in [1.807, 2.05) is 13.8 Å². The van der Waals surface area contributed by atoms with E-state index in [-0.39, 0.29) is 36.0 Å². The first-order valence-corrected chi connectivity index (χ1v) is 13.7. The number of rotatable bonds is 2. The van der Waals surface area contributed by atoms with Gasteiger partial charge in [-0.3, -0.25) is 14.4 Å². The van der Waals surface area contributed by atoms with Crippen LogP contribution in [0.2, 0.25) is 0 Å². The van der Waals surface area contributed by atoms with E-state index in [0.29, 0.717) is 22.9 Å². The molecule has 2 rings (SSSR count). The molecular weight excluding hydrogens is 554 g/mol. The molecule has 9 nitrogen and oxygen atoms in total. The summed E-state index contributed by atoms with van der Waals surface area (Å²) in [5.74, 6) is -2.00. The largest absolute Gasteiger partial charge is 0.507 e. The molecule has 0 spiro atoms. The highest BCUT2D eigenvalue weighted by Crippen LogP contribution is 2.25. The highest BCUT2D eigenvalue weighted by Gasteiger charge is 2.33. The van der Waals surface area contributed by atoms with E-state index in [0.717, 1.165) is 5.57 Å². The molecule has 3 amide bonds. The standard InChI is InChI=1S/C28H40BrN3O6/c1-15-10-16(2)12-18(4)38-28(37)20(6)31-26(35)23(14-21-8-9-24(33)22(29)13-21)32(7)27(36)19(5)30-25(34)17(3)11-15/h8-10,13,16-20,23,33H,11-12,14H2,1-7H3,(H,30,34)(H,31,35)/t16-,17-,18-,19-,20-,23-/m0/s1. The van der Waals surface area contributed by atoms with Crippen LogP contribution in [0.15, 0.2) is 34.3 Å². The van der Waals surface area contributed by atoms with Crippen molar-refractivity contribution < 1.29 is 29.0 Å². The zero-order valence-corrected chi connectivity index (χ0v) is 24.8. The fraction of sp³-hybridized carbons (Fsp3) is 0.571. The van der Waals surface area contributed by atoms with Crippen LogP contribution in [-0.2, 0) is 30.3 Å². The number of esters is 1. The smallest absolute Gasteiger partial charge is 0.328 e. The minimum atomic E-state index is -0.993. The quantitative estimate of drug-likeness (QED) is 0.356. The molecule has 0 aliphatic carbocycles. The van der Waals surface area contributed by atoms with E-state index < -0.39 is 35.9 Å². The first-order valence-electron chi connectivity index (χ1n) is 12.9. The second-order valence-electron chi connectivity index (χ2n) is 10.5. The second kappa shape index (κ2) is 13.8. The Morgan fingerprint density at radius 1 is 1.03 bits per heavy atom. The Kier molecular flexibility index (Phi) is 11.4. The minimum Gasteiger partial charge on any atom is -0.507 e. The summed E-state index contributed by atoms with van der Waals surface area (Å²) in [6, 6.07) is 2.00. The van der Waals surface area contributed by atoms with Gasteiger partial charge in [0.05, 0.1) is 10.6 Å². The average Bonchev–Trinajstić information content (AvgIpc) is 2.82. The first kappa shape index (κ1) is 31.3. The summed E-state index contributed by atoms with van der Waals surface area (Å²) in [4.78, 5) is 53.6. The van der Waals surface area contributed by atoms with Crippen molar-refractivity contribution in [3.05, 3.63) is 39.9 Å². The third-order valence-corrected chi connectivity index (χ3v) is 7.30. The molecule has 0 unspecified atom stereocenters. The number of likely N-dealkylation sites (N-methyl/N-ethyl adjacent to an activating group) is 1. The average molecular weight is 595 g/mol. The molecule has 0 bridgehead atoms. The Morgan fingerprint density at radius 3 is 2.29 bits per heavy atom. The van der Waals surface area contributed by atoms with Crippen molar-refractivity contribution in [2.75, 3.05) is 7.05 Å². The van der Waals surface area contributed by atoms with Crippen molar-refractivity contribution in [2.45, 2.75) is 85.0 Å². The summed E-state index contributed by atoms with van der Waals surface area (Å²) < 4.78 is 6.03. The predicted molar refractivity (Wildman–Crippen MR) is 148 cm³/mol. The fourth-order valence-electron chi connectivity index (χ4n) is 4.62. The number of phenolic OH excluding ortho intramolecular Hbond substituents is 1. The molecule has 0 saturated heterocycles. The number of cyclic esters (lactones) is 1. The number of ether oxygens (including phenoxy) is 1. The lowest BCUT2D eigenvalue weighted by molar-refractivity contribution is -0.153. The van der Waals surface area contributed by atoms with Gasteiger partial charge in [-0.05, 0) is 80.1 Å². The summed E-state index contributed by atoms with van der Waals surface area (Å²) in [6.07, 6.45) is 2.92. The zero-order valence-electron chi connectivity index (χ0n) is 23.2. The monoisotopic (exact) mass is 593 g/mol. The van der Waals surface area contributed by atoms with Gasteiger partial charge < -0.3 is 25.4 Å². The number of aromatic hydroxyl groups is 1. The van der Waals surface area contributed by atoms with Gasteiger partial charge in [0.1, 0.15) is 23.9 Å². The molecule has 0 aromatic heterocycles. The Labute approximate surface area is 233 Å². The molecule has 10 heteroatoms. The van der Waals surface area contributed by atoms with Crippen LogP contribution < -0.4 is 10.6 Å². The third kappa shape index (κ3) is 8.85. The molecule has 1 aromatic carbocycles. The number of hydrogen-bond acceptors (Lipinski definition) is 6. The van der Waals surface area contributed by atoms with Gasteiger partial charge in [0.25, 0.3) is 0 Å². The molecule has 210 valence electrons. The number of halogens is 1. The Morgan fingerprint density at radius 2 is 1.66 bits per heavy atom. The van der Waals surface area contributed by atoms with E-state index in [2.05, 4.69) is 32.6 Å². The highest BCUT2D eigenvalue weighted by atomic mass is 79.9. The van der Waals surface area contributed by atoms with Crippen molar-refractivity contribution in [2.24, 2.45) is 11.8 Å². The van der Waals surface area contributed by atoms with Gasteiger partial charge in [0.15, 0.2) is 0 Å². The van der Waals surface area contributed by atoms with Crippen LogP contribution in [0.3, 0.4) is 0 Å². The van der Waals surface area contributed by atoms with E-state index >= 15 is 0 Å². The molecule has 3 N–H and O–H groups in total. The molecule has 1 aromatic rings. The van der Waals surface area contributed by atoms with Crippen LogP contribution >= 0.6 is 15.9 Å². The second-order valence-corrected chi connectivity index (χ2v) is 11.3. The van der Waals surface area contributed by atoms with Gasteiger partial charge in [-0.1, -0.05) is 31.6 Å². The van der Waals surface area contributed by atoms with Crippen molar-refractivity contribution in [3.8, 4) is 5.75 Å². The topological polar surface area (TPSA) is 125 Å². The summed E-state index contributed by atoms with van der Waals surface area (Å²) in [5, 5.41) is 15.3. The minimum absolute atomic E-state index is 0.0442. The Hall–Kier alpha value is -2.88. The zero-order chi connectivity index (χ0) is 28.7. The maximum absolute atomic E-state index is 13.4. The summed E-state index contributed by atoms with van der Waals surface area (Å²) in [6.45, 7) is 10.7. The number of hydrogen-bond donors (Lipinski definition) is 3. The highest BCUT2D eigenvalue weighted by molar-refractivity contribution is 9.10. The van der Waals surface area contributed by atoms with Crippen LogP contribution in [-0.4, -0.2) is 65.0 Å². The summed E-state index contributed by atoms with van der Waals surface area (Å²) >= 11 is 3.27. The van der Waals surface area contributed by atoms with Crippen molar-refractivity contribution >= 4 is 39.6 Å². The lowest BCUT2D eigenvalue weighted by atomic mass is 9.95. The number of benzene rings is 1. The van der Waals surface area contributed by atoms with Gasteiger partial charge in [0, 0.05) is 19.4 Å². The van der Waals surface area contributed by atoms with Crippen LogP contribution in [0, 0.1) is 11.8 Å². The molecule has 0 saturated carbocycles. The lowest BCUT2D eigenvalue weighted by Crippen LogP contribution is -2.56.